The molecule has 0 radical (unpaired) electrons. The monoisotopic (exact) mass is 370 g/mol. The fraction of sp³-hybridized carbons (Fsp3) is 0.190. The Balaban J connectivity index is 1.74. The summed E-state index contributed by atoms with van der Waals surface area (Å²) < 4.78 is 13.9. The summed E-state index contributed by atoms with van der Waals surface area (Å²) in [6, 6.07) is 18.1. The van der Waals surface area contributed by atoms with Crippen LogP contribution in [0.3, 0.4) is 0 Å². The number of amides is 2. The van der Waals surface area contributed by atoms with Crippen molar-refractivity contribution in [2.45, 2.75) is 19.5 Å². The third-order valence-corrected chi connectivity index (χ3v) is 4.79. The van der Waals surface area contributed by atoms with E-state index in [0.717, 1.165) is 16.3 Å². The van der Waals surface area contributed by atoms with Crippen LogP contribution in [0, 0.1) is 5.82 Å². The van der Waals surface area contributed by atoms with Gasteiger partial charge >= 0.3 is 6.03 Å². The molecule has 1 atom stereocenters. The second-order valence-corrected chi connectivity index (χ2v) is 6.70. The molecule has 3 nitrogen and oxygen atoms in total. The summed E-state index contributed by atoms with van der Waals surface area (Å²) in [5.74, 6) is -0.417. The lowest BCUT2D eigenvalue weighted by Crippen LogP contribution is -2.38. The SMILES string of the molecule is CC(NC(=O)N(C)Cc1c(F)cccc1Cl)c1cccc2ccccc12. The second kappa shape index (κ2) is 7.75. The van der Waals surface area contributed by atoms with Crippen molar-refractivity contribution in [1.82, 2.24) is 10.2 Å². The van der Waals surface area contributed by atoms with Gasteiger partial charge in [-0.3, -0.25) is 0 Å². The molecule has 0 aliphatic carbocycles. The van der Waals surface area contributed by atoms with Crippen LogP contribution in [0.25, 0.3) is 10.8 Å². The van der Waals surface area contributed by atoms with Gasteiger partial charge in [0, 0.05) is 17.6 Å². The summed E-state index contributed by atoms with van der Waals surface area (Å²) in [6.07, 6.45) is 0. The van der Waals surface area contributed by atoms with E-state index in [-0.39, 0.29) is 18.6 Å². The zero-order valence-corrected chi connectivity index (χ0v) is 15.4. The van der Waals surface area contributed by atoms with Gasteiger partial charge in [0.1, 0.15) is 5.82 Å². The predicted octanol–water partition coefficient (Wildman–Crippen LogP) is 5.53. The van der Waals surface area contributed by atoms with E-state index in [0.29, 0.717) is 10.6 Å². The number of rotatable bonds is 4. The number of hydrogen-bond donors (Lipinski definition) is 1. The maximum atomic E-state index is 13.9. The van der Waals surface area contributed by atoms with Crippen molar-refractivity contribution < 1.29 is 9.18 Å². The average molecular weight is 371 g/mol. The van der Waals surface area contributed by atoms with E-state index >= 15 is 0 Å². The Bertz CT molecular complexity index is 919. The van der Waals surface area contributed by atoms with Gasteiger partial charge in [0.25, 0.3) is 0 Å². The van der Waals surface area contributed by atoms with Gasteiger partial charge in [-0.05, 0) is 35.4 Å². The van der Waals surface area contributed by atoms with Crippen LogP contribution in [0.4, 0.5) is 9.18 Å². The number of benzene rings is 3. The molecule has 0 saturated heterocycles. The van der Waals surface area contributed by atoms with Gasteiger partial charge in [-0.2, -0.15) is 0 Å². The van der Waals surface area contributed by atoms with Gasteiger partial charge in [0.05, 0.1) is 12.6 Å². The summed E-state index contributed by atoms with van der Waals surface area (Å²) in [7, 11) is 1.62. The van der Waals surface area contributed by atoms with E-state index in [1.54, 1.807) is 19.2 Å². The van der Waals surface area contributed by atoms with Crippen LogP contribution in [0.5, 0.6) is 0 Å². The number of nitrogens with zero attached hydrogens (tertiary/aromatic N) is 1. The van der Waals surface area contributed by atoms with E-state index < -0.39 is 5.82 Å². The Labute approximate surface area is 157 Å². The first-order valence-electron chi connectivity index (χ1n) is 8.39. The van der Waals surface area contributed by atoms with E-state index in [4.69, 9.17) is 11.6 Å². The molecule has 2 amide bonds. The summed E-state index contributed by atoms with van der Waals surface area (Å²) in [5.41, 5.74) is 1.35. The summed E-state index contributed by atoms with van der Waals surface area (Å²) >= 11 is 6.05. The molecule has 0 aromatic heterocycles. The minimum Gasteiger partial charge on any atom is -0.331 e. The number of carbonyl (C=O) groups excluding carboxylic acids is 1. The zero-order chi connectivity index (χ0) is 18.7. The van der Waals surface area contributed by atoms with Gasteiger partial charge in [-0.15, -0.1) is 0 Å². The van der Waals surface area contributed by atoms with Crippen molar-refractivity contribution >= 4 is 28.4 Å². The highest BCUT2D eigenvalue weighted by Crippen LogP contribution is 2.25. The Morgan fingerprint density at radius 1 is 1.12 bits per heavy atom. The molecule has 0 saturated carbocycles. The van der Waals surface area contributed by atoms with E-state index in [1.165, 1.54) is 11.0 Å². The van der Waals surface area contributed by atoms with Gasteiger partial charge in [-0.25, -0.2) is 9.18 Å². The molecule has 3 rings (SSSR count). The lowest BCUT2D eigenvalue weighted by molar-refractivity contribution is 0.203. The molecule has 1 unspecified atom stereocenters. The summed E-state index contributed by atoms with van der Waals surface area (Å²) in [4.78, 5) is 14.0. The first-order valence-corrected chi connectivity index (χ1v) is 8.77. The van der Waals surface area contributed by atoms with Gasteiger partial charge < -0.3 is 10.2 Å². The quantitative estimate of drug-likeness (QED) is 0.643. The second-order valence-electron chi connectivity index (χ2n) is 6.30. The maximum absolute atomic E-state index is 13.9. The van der Waals surface area contributed by atoms with Crippen LogP contribution in [0.1, 0.15) is 24.1 Å². The fourth-order valence-corrected chi connectivity index (χ4v) is 3.22. The molecular formula is C21H20ClFN2O. The minimum atomic E-state index is -0.417. The molecule has 0 fully saturated rings. The lowest BCUT2D eigenvalue weighted by Gasteiger charge is -2.23. The molecule has 0 spiro atoms. The van der Waals surface area contributed by atoms with Crippen LogP contribution < -0.4 is 5.32 Å². The molecule has 134 valence electrons. The van der Waals surface area contributed by atoms with E-state index in [9.17, 15) is 9.18 Å². The number of nitrogens with one attached hydrogen (secondary N) is 1. The highest BCUT2D eigenvalue weighted by molar-refractivity contribution is 6.31. The van der Waals surface area contributed by atoms with Crippen LogP contribution in [-0.2, 0) is 6.54 Å². The first kappa shape index (κ1) is 18.2. The standard InChI is InChI=1S/C21H20ClFN2O/c1-14(16-10-5-8-15-7-3-4-9-17(15)16)24-21(26)25(2)13-18-19(22)11-6-12-20(18)23/h3-12,14H,13H2,1-2H3,(H,24,26). The normalized spacial score (nSPS) is 12.0. The molecular weight excluding hydrogens is 351 g/mol. The van der Waals surface area contributed by atoms with Gasteiger partial charge in [0.2, 0.25) is 0 Å². The van der Waals surface area contributed by atoms with Crippen molar-refractivity contribution in [3.05, 3.63) is 82.6 Å². The average Bonchev–Trinajstić information content (AvgIpc) is 2.64. The molecule has 3 aromatic rings. The van der Waals surface area contributed by atoms with Gasteiger partial charge in [-0.1, -0.05) is 60.1 Å². The maximum Gasteiger partial charge on any atom is 0.317 e. The number of urea groups is 1. The molecule has 3 aromatic carbocycles. The Morgan fingerprint density at radius 3 is 2.58 bits per heavy atom. The largest absolute Gasteiger partial charge is 0.331 e. The molecule has 0 bridgehead atoms. The Morgan fingerprint density at radius 2 is 1.81 bits per heavy atom. The molecule has 0 heterocycles. The zero-order valence-electron chi connectivity index (χ0n) is 14.7. The fourth-order valence-electron chi connectivity index (χ4n) is 2.99. The lowest BCUT2D eigenvalue weighted by atomic mass is 10.00. The summed E-state index contributed by atoms with van der Waals surface area (Å²) in [5, 5.41) is 5.50. The third kappa shape index (κ3) is 3.81. The van der Waals surface area contributed by atoms with Gasteiger partial charge in [0.15, 0.2) is 0 Å². The van der Waals surface area contributed by atoms with Crippen molar-refractivity contribution in [2.75, 3.05) is 7.05 Å². The highest BCUT2D eigenvalue weighted by atomic mass is 35.5. The van der Waals surface area contributed by atoms with E-state index in [2.05, 4.69) is 5.32 Å². The summed E-state index contributed by atoms with van der Waals surface area (Å²) in [6.45, 7) is 2.03. The Kier molecular flexibility index (Phi) is 5.43. The molecule has 0 aliphatic rings. The highest BCUT2D eigenvalue weighted by Gasteiger charge is 2.17. The van der Waals surface area contributed by atoms with Crippen molar-refractivity contribution in [1.29, 1.82) is 0 Å². The molecule has 5 heteroatoms. The van der Waals surface area contributed by atoms with Crippen LogP contribution in [0.2, 0.25) is 5.02 Å². The van der Waals surface area contributed by atoms with Crippen molar-refractivity contribution in [3.63, 3.8) is 0 Å². The van der Waals surface area contributed by atoms with Crippen LogP contribution >= 0.6 is 11.6 Å². The number of hydrogen-bond acceptors (Lipinski definition) is 1. The topological polar surface area (TPSA) is 32.3 Å². The van der Waals surface area contributed by atoms with Crippen molar-refractivity contribution in [2.24, 2.45) is 0 Å². The molecule has 1 N–H and O–H groups in total. The van der Waals surface area contributed by atoms with Crippen molar-refractivity contribution in [3.8, 4) is 0 Å². The smallest absolute Gasteiger partial charge is 0.317 e. The molecule has 0 aliphatic heterocycles. The number of carbonyl (C=O) groups is 1. The predicted molar refractivity (Wildman–Crippen MR) is 104 cm³/mol. The number of halogens is 2. The van der Waals surface area contributed by atoms with E-state index in [1.807, 2.05) is 49.4 Å². The van der Waals surface area contributed by atoms with Crippen LogP contribution in [0.15, 0.2) is 60.7 Å². The Hall–Kier alpha value is -2.59. The first-order chi connectivity index (χ1) is 12.5. The minimum absolute atomic E-state index is 0.0968. The van der Waals surface area contributed by atoms with Crippen LogP contribution in [-0.4, -0.2) is 18.0 Å². The number of fused-ring (bicyclic) bond motifs is 1. The third-order valence-electron chi connectivity index (χ3n) is 4.43. The molecule has 26 heavy (non-hydrogen) atoms.